The second kappa shape index (κ2) is 8.06. The number of nitrogens with one attached hydrogen (secondary N) is 3. The Morgan fingerprint density at radius 2 is 1.97 bits per heavy atom. The molecule has 0 saturated carbocycles. The fourth-order valence-corrected chi connectivity index (χ4v) is 5.41. The number of fused-ring (bicyclic) bond motifs is 5. The molecule has 4 heterocycles. The maximum Gasteiger partial charge on any atom is 0.124 e. The largest absolute Gasteiger partial charge is 0.344 e. The van der Waals surface area contributed by atoms with E-state index in [1.807, 2.05) is 12.1 Å². The van der Waals surface area contributed by atoms with E-state index in [4.69, 9.17) is 10.7 Å². The van der Waals surface area contributed by atoms with Crippen LogP contribution in [0.1, 0.15) is 59.8 Å². The van der Waals surface area contributed by atoms with Crippen molar-refractivity contribution in [1.29, 1.82) is 0 Å². The minimum absolute atomic E-state index is 0.0193. The molecule has 0 amide bonds. The number of rotatable bonds is 5. The van der Waals surface area contributed by atoms with E-state index in [0.717, 1.165) is 64.8 Å². The SMILES string of the molecule is CCC(N)NCc1nc2ccc(C#Cc3ccc4c(c3)CCc3[nH]c([C@@H]5C[C@H]6CN65)nc3-4)cc2[nH]1. The van der Waals surface area contributed by atoms with Gasteiger partial charge in [0.1, 0.15) is 11.6 Å². The van der Waals surface area contributed by atoms with E-state index < -0.39 is 0 Å². The molecule has 0 bridgehead atoms. The Kier molecular flexibility index (Phi) is 4.81. The van der Waals surface area contributed by atoms with Crippen LogP contribution in [0.15, 0.2) is 36.4 Å². The molecule has 4 aromatic rings. The highest BCUT2D eigenvalue weighted by Gasteiger charge is 2.52. The fourth-order valence-electron chi connectivity index (χ4n) is 5.41. The van der Waals surface area contributed by atoms with Gasteiger partial charge in [-0.2, -0.15) is 0 Å². The summed E-state index contributed by atoms with van der Waals surface area (Å²) in [6.07, 6.45) is 4.15. The van der Waals surface area contributed by atoms with Crippen molar-refractivity contribution >= 4 is 11.0 Å². The summed E-state index contributed by atoms with van der Waals surface area (Å²) in [6, 6.07) is 14.0. The van der Waals surface area contributed by atoms with Crippen LogP contribution in [0.3, 0.4) is 0 Å². The lowest BCUT2D eigenvalue weighted by molar-refractivity contribution is 0.244. The first-order chi connectivity index (χ1) is 17.1. The highest BCUT2D eigenvalue weighted by atomic mass is 15.4. The van der Waals surface area contributed by atoms with Gasteiger partial charge in [0.15, 0.2) is 0 Å². The lowest BCUT2D eigenvalue weighted by atomic mass is 9.91. The van der Waals surface area contributed by atoms with E-state index in [9.17, 15) is 0 Å². The van der Waals surface area contributed by atoms with E-state index >= 15 is 0 Å². The van der Waals surface area contributed by atoms with Crippen LogP contribution in [0.5, 0.6) is 0 Å². The van der Waals surface area contributed by atoms with Crippen LogP contribution in [0.25, 0.3) is 22.3 Å². The Morgan fingerprint density at radius 3 is 2.77 bits per heavy atom. The summed E-state index contributed by atoms with van der Waals surface area (Å²) in [5, 5.41) is 3.27. The Balaban J connectivity index is 1.10. The summed E-state index contributed by atoms with van der Waals surface area (Å²) in [7, 11) is 0. The monoisotopic (exact) mass is 463 g/mol. The quantitative estimate of drug-likeness (QED) is 0.207. The summed E-state index contributed by atoms with van der Waals surface area (Å²) < 4.78 is 0. The van der Waals surface area contributed by atoms with Gasteiger partial charge in [0.2, 0.25) is 0 Å². The minimum atomic E-state index is -0.0193. The van der Waals surface area contributed by atoms with Gasteiger partial charge >= 0.3 is 0 Å². The number of aryl methyl sites for hydroxylation is 2. The number of aromatic amines is 2. The normalized spacial score (nSPS) is 22.4. The van der Waals surface area contributed by atoms with Crippen molar-refractivity contribution in [2.45, 2.75) is 57.4 Å². The average molecular weight is 464 g/mol. The summed E-state index contributed by atoms with van der Waals surface area (Å²) in [5.74, 6) is 8.73. The number of aromatic nitrogens is 4. The fraction of sp³-hybridized carbons (Fsp3) is 0.357. The molecular weight excluding hydrogens is 434 g/mol. The molecule has 0 radical (unpaired) electrons. The van der Waals surface area contributed by atoms with Crippen LogP contribution in [0, 0.1) is 11.8 Å². The van der Waals surface area contributed by atoms with Crippen molar-refractivity contribution in [3.8, 4) is 23.1 Å². The first-order valence-corrected chi connectivity index (χ1v) is 12.6. The molecule has 2 fully saturated rings. The molecule has 176 valence electrons. The van der Waals surface area contributed by atoms with Gasteiger partial charge in [-0.1, -0.05) is 24.8 Å². The Hall–Kier alpha value is -3.44. The molecule has 2 unspecified atom stereocenters. The van der Waals surface area contributed by atoms with Gasteiger partial charge in [0.25, 0.3) is 0 Å². The van der Waals surface area contributed by atoms with Crippen molar-refractivity contribution in [2.24, 2.45) is 5.73 Å². The van der Waals surface area contributed by atoms with Crippen molar-refractivity contribution < 1.29 is 0 Å². The molecule has 3 aliphatic rings. The third-order valence-corrected chi connectivity index (χ3v) is 7.62. The third-order valence-electron chi connectivity index (χ3n) is 7.62. The van der Waals surface area contributed by atoms with Gasteiger partial charge in [0, 0.05) is 35.0 Å². The summed E-state index contributed by atoms with van der Waals surface area (Å²) in [5.41, 5.74) is 14.9. The Morgan fingerprint density at radius 1 is 1.11 bits per heavy atom. The topological polar surface area (TPSA) is 98.4 Å². The second-order valence-corrected chi connectivity index (χ2v) is 9.98. The molecule has 2 aliphatic heterocycles. The molecule has 7 heteroatoms. The summed E-state index contributed by atoms with van der Waals surface area (Å²) in [6.45, 7) is 3.93. The number of hydrogen-bond donors (Lipinski definition) is 4. The van der Waals surface area contributed by atoms with Gasteiger partial charge in [-0.3, -0.25) is 10.2 Å². The molecule has 1 aliphatic carbocycles. The van der Waals surface area contributed by atoms with Crippen molar-refractivity contribution in [1.82, 2.24) is 30.2 Å². The maximum absolute atomic E-state index is 5.95. The van der Waals surface area contributed by atoms with Crippen LogP contribution in [0.2, 0.25) is 0 Å². The van der Waals surface area contributed by atoms with Crippen molar-refractivity contribution in [3.63, 3.8) is 0 Å². The molecule has 35 heavy (non-hydrogen) atoms. The van der Waals surface area contributed by atoms with Crippen molar-refractivity contribution in [3.05, 3.63) is 70.4 Å². The number of benzene rings is 2. The van der Waals surface area contributed by atoms with Crippen LogP contribution >= 0.6 is 0 Å². The average Bonchev–Trinajstić information content (AvgIpc) is 3.20. The van der Waals surface area contributed by atoms with Crippen LogP contribution in [-0.2, 0) is 19.4 Å². The molecule has 2 saturated heterocycles. The molecule has 2 aromatic carbocycles. The highest BCUT2D eigenvalue weighted by Crippen LogP contribution is 2.48. The predicted octanol–water partition coefficient (Wildman–Crippen LogP) is 3.36. The lowest BCUT2D eigenvalue weighted by Crippen LogP contribution is -2.36. The molecule has 4 atom stereocenters. The smallest absolute Gasteiger partial charge is 0.124 e. The second-order valence-electron chi connectivity index (χ2n) is 9.98. The zero-order valence-electron chi connectivity index (χ0n) is 19.9. The van der Waals surface area contributed by atoms with E-state index in [0.29, 0.717) is 12.6 Å². The third kappa shape index (κ3) is 3.75. The molecular formula is C28H29N7. The first-order valence-electron chi connectivity index (χ1n) is 12.6. The van der Waals surface area contributed by atoms with Gasteiger partial charge in [-0.25, -0.2) is 9.97 Å². The lowest BCUT2D eigenvalue weighted by Gasteiger charge is -2.24. The Bertz CT molecular complexity index is 1500. The molecule has 2 aromatic heterocycles. The zero-order valence-corrected chi connectivity index (χ0v) is 19.9. The van der Waals surface area contributed by atoms with Gasteiger partial charge in [-0.05, 0) is 61.6 Å². The van der Waals surface area contributed by atoms with Gasteiger partial charge < -0.3 is 15.7 Å². The van der Waals surface area contributed by atoms with Gasteiger partial charge in [-0.15, -0.1) is 0 Å². The van der Waals surface area contributed by atoms with Crippen LogP contribution in [-0.4, -0.2) is 43.6 Å². The van der Waals surface area contributed by atoms with E-state index in [1.54, 1.807) is 0 Å². The predicted molar refractivity (Wildman–Crippen MR) is 136 cm³/mol. The van der Waals surface area contributed by atoms with E-state index in [1.165, 1.54) is 29.8 Å². The molecule has 0 spiro atoms. The standard InChI is InChI=1S/C28H29N7/c1-2-25(29)30-14-26-31-21-9-6-17(12-23(21)32-26)4-3-16-5-8-20-18(11-16)7-10-22-27(20)34-28(33-22)24-13-19-15-35(19)24/h5-6,8-9,11-12,19,24-25,30H,2,7,10,13-15,29H2,1H3,(H,31,32)(H,33,34)/t19-,24-,25?,35?/m0/s1. The van der Waals surface area contributed by atoms with Crippen LogP contribution < -0.4 is 11.1 Å². The molecule has 5 N–H and O–H groups in total. The number of nitrogens with zero attached hydrogens (tertiary/aromatic N) is 3. The van der Waals surface area contributed by atoms with Crippen LogP contribution in [0.4, 0.5) is 0 Å². The first kappa shape index (κ1) is 20.9. The summed E-state index contributed by atoms with van der Waals surface area (Å²) >= 11 is 0. The maximum atomic E-state index is 5.95. The number of hydrogen-bond acceptors (Lipinski definition) is 5. The number of nitrogens with two attached hydrogens (primary N) is 1. The van der Waals surface area contributed by atoms with E-state index in [2.05, 4.69) is 68.2 Å². The number of imidazole rings is 2. The van der Waals surface area contributed by atoms with Crippen molar-refractivity contribution in [2.75, 3.05) is 6.54 Å². The van der Waals surface area contributed by atoms with Gasteiger partial charge in [0.05, 0.1) is 35.5 Å². The Labute approximate surface area is 204 Å². The highest BCUT2D eigenvalue weighted by molar-refractivity contribution is 5.77. The summed E-state index contributed by atoms with van der Waals surface area (Å²) in [4.78, 5) is 19.2. The molecule has 7 nitrogen and oxygen atoms in total. The zero-order chi connectivity index (χ0) is 23.5. The number of H-pyrrole nitrogens is 2. The minimum Gasteiger partial charge on any atom is -0.344 e. The molecule has 7 rings (SSSR count). The van der Waals surface area contributed by atoms with E-state index in [-0.39, 0.29) is 6.17 Å².